The second kappa shape index (κ2) is 9.41. The smallest absolute Gasteiger partial charge is 0.368 e. The zero-order valence-electron chi connectivity index (χ0n) is 19.5. The summed E-state index contributed by atoms with van der Waals surface area (Å²) in [6, 6.07) is 8.18. The van der Waals surface area contributed by atoms with Crippen molar-refractivity contribution >= 4 is 22.5 Å². The highest BCUT2D eigenvalue weighted by Crippen LogP contribution is 2.37. The lowest BCUT2D eigenvalue weighted by Gasteiger charge is -2.43. The second-order valence-electron chi connectivity index (χ2n) is 9.80. The Morgan fingerprint density at radius 1 is 1.15 bits per heavy atom. The molecule has 1 aromatic carbocycles. The Bertz CT molecular complexity index is 1090. The molecule has 4 rings (SSSR count). The monoisotopic (exact) mass is 473 g/mol. The molecule has 0 spiro atoms. The van der Waals surface area contributed by atoms with Crippen LogP contribution < -0.4 is 10.2 Å². The number of piperidine rings is 2. The van der Waals surface area contributed by atoms with Crippen LogP contribution >= 0.6 is 0 Å². The summed E-state index contributed by atoms with van der Waals surface area (Å²) in [6.45, 7) is 5.36. The molecule has 6 nitrogen and oxygen atoms in total. The number of alkyl halides is 3. The zero-order chi connectivity index (χ0) is 24.5. The van der Waals surface area contributed by atoms with Crippen molar-refractivity contribution in [1.29, 1.82) is 5.26 Å². The Morgan fingerprint density at radius 2 is 1.88 bits per heavy atom. The average molecular weight is 474 g/mol. The number of amides is 1. The normalized spacial score (nSPS) is 22.4. The lowest BCUT2D eigenvalue weighted by molar-refractivity contribution is -0.178. The minimum Gasteiger partial charge on any atom is -0.368 e. The molecule has 0 bridgehead atoms. The SMILES string of the molecule is CC(C)(C(=O)NC1CC(C(F)(F)F)CN(c2ccc(C#N)c3ncccc23)C1)N1CCCCC1. The summed E-state index contributed by atoms with van der Waals surface area (Å²) < 4.78 is 41.7. The van der Waals surface area contributed by atoms with E-state index in [-0.39, 0.29) is 25.4 Å². The number of nitrogens with zero attached hydrogens (tertiary/aromatic N) is 4. The molecule has 2 unspecified atom stereocenters. The number of nitrogens with one attached hydrogen (secondary N) is 1. The van der Waals surface area contributed by atoms with E-state index in [1.54, 1.807) is 35.4 Å². The van der Waals surface area contributed by atoms with Crippen LogP contribution in [0.15, 0.2) is 30.5 Å². The molecule has 9 heteroatoms. The van der Waals surface area contributed by atoms with Crippen molar-refractivity contribution in [3.8, 4) is 6.07 Å². The number of hydrogen-bond acceptors (Lipinski definition) is 5. The van der Waals surface area contributed by atoms with Crippen molar-refractivity contribution in [3.05, 3.63) is 36.0 Å². The van der Waals surface area contributed by atoms with Gasteiger partial charge in [-0.25, -0.2) is 0 Å². The van der Waals surface area contributed by atoms with Crippen molar-refractivity contribution < 1.29 is 18.0 Å². The zero-order valence-corrected chi connectivity index (χ0v) is 19.5. The number of rotatable bonds is 4. The van der Waals surface area contributed by atoms with Gasteiger partial charge in [0, 0.05) is 36.4 Å². The summed E-state index contributed by atoms with van der Waals surface area (Å²) in [6.07, 6.45) is 0.187. The standard InChI is InChI=1S/C25H30F3N5O/c1-24(2,33-11-4-3-5-12-33)23(34)31-19-13-18(25(26,27)28)15-32(16-19)21-9-8-17(14-29)22-20(21)7-6-10-30-22/h6-10,18-19H,3-5,11-13,15-16H2,1-2H3,(H,31,34). The summed E-state index contributed by atoms with van der Waals surface area (Å²) in [5.41, 5.74) is 0.632. The number of hydrogen-bond donors (Lipinski definition) is 1. The molecule has 182 valence electrons. The van der Waals surface area contributed by atoms with E-state index in [2.05, 4.69) is 21.3 Å². The molecule has 2 aliphatic heterocycles. The second-order valence-corrected chi connectivity index (χ2v) is 9.80. The van der Waals surface area contributed by atoms with E-state index in [0.717, 1.165) is 32.4 Å². The Balaban J connectivity index is 1.61. The molecule has 0 saturated carbocycles. The van der Waals surface area contributed by atoms with E-state index in [1.807, 2.05) is 13.8 Å². The lowest BCUT2D eigenvalue weighted by atomic mass is 9.91. The van der Waals surface area contributed by atoms with E-state index in [4.69, 9.17) is 0 Å². The molecule has 2 aliphatic rings. The first-order valence-electron chi connectivity index (χ1n) is 11.8. The minimum absolute atomic E-state index is 0.158. The highest BCUT2D eigenvalue weighted by molar-refractivity contribution is 5.95. The van der Waals surface area contributed by atoms with Gasteiger partial charge in [0.05, 0.1) is 22.5 Å². The first kappa shape index (κ1) is 24.3. The number of benzene rings is 1. The molecule has 34 heavy (non-hydrogen) atoms. The highest BCUT2D eigenvalue weighted by atomic mass is 19.4. The van der Waals surface area contributed by atoms with E-state index in [1.165, 1.54) is 0 Å². The molecule has 1 amide bonds. The van der Waals surface area contributed by atoms with Crippen molar-refractivity contribution in [3.63, 3.8) is 0 Å². The lowest BCUT2D eigenvalue weighted by Crippen LogP contribution is -2.61. The fraction of sp³-hybridized carbons (Fsp3) is 0.560. The topological polar surface area (TPSA) is 72.3 Å². The number of pyridine rings is 1. The van der Waals surface area contributed by atoms with Gasteiger partial charge in [0.15, 0.2) is 0 Å². The highest BCUT2D eigenvalue weighted by Gasteiger charge is 2.46. The molecular weight excluding hydrogens is 443 g/mol. The number of likely N-dealkylation sites (tertiary alicyclic amines) is 1. The number of halogens is 3. The molecular formula is C25H30F3N5O. The van der Waals surface area contributed by atoms with Crippen LogP contribution in [0.3, 0.4) is 0 Å². The van der Waals surface area contributed by atoms with Crippen LogP contribution in [0.25, 0.3) is 10.9 Å². The molecule has 0 radical (unpaired) electrons. The molecule has 2 atom stereocenters. The van der Waals surface area contributed by atoms with Gasteiger partial charge in [-0.2, -0.15) is 18.4 Å². The maximum absolute atomic E-state index is 13.9. The van der Waals surface area contributed by atoms with Gasteiger partial charge in [-0.05, 0) is 70.5 Å². The van der Waals surface area contributed by atoms with Crippen molar-refractivity contribution in [2.45, 2.75) is 57.3 Å². The van der Waals surface area contributed by atoms with Crippen LogP contribution in [-0.4, -0.2) is 59.7 Å². The van der Waals surface area contributed by atoms with Crippen molar-refractivity contribution in [2.75, 3.05) is 31.1 Å². The number of anilines is 1. The third-order valence-corrected chi connectivity index (χ3v) is 7.16. The quantitative estimate of drug-likeness (QED) is 0.719. The molecule has 1 aromatic heterocycles. The van der Waals surface area contributed by atoms with Gasteiger partial charge < -0.3 is 10.2 Å². The van der Waals surface area contributed by atoms with E-state index < -0.39 is 23.7 Å². The Morgan fingerprint density at radius 3 is 2.56 bits per heavy atom. The molecule has 0 aliphatic carbocycles. The molecule has 1 N–H and O–H groups in total. The summed E-state index contributed by atoms with van der Waals surface area (Å²) in [5.74, 6) is -1.82. The summed E-state index contributed by atoms with van der Waals surface area (Å²) in [4.78, 5) is 21.3. The number of carbonyl (C=O) groups is 1. The number of aromatic nitrogens is 1. The number of carbonyl (C=O) groups excluding carboxylic acids is 1. The molecule has 2 aromatic rings. The van der Waals surface area contributed by atoms with Crippen LogP contribution in [-0.2, 0) is 4.79 Å². The summed E-state index contributed by atoms with van der Waals surface area (Å²) in [7, 11) is 0. The Hall–Kier alpha value is -2.86. The largest absolute Gasteiger partial charge is 0.393 e. The first-order valence-corrected chi connectivity index (χ1v) is 11.8. The minimum atomic E-state index is -4.38. The Kier molecular flexibility index (Phi) is 6.72. The van der Waals surface area contributed by atoms with Crippen LogP contribution in [0.5, 0.6) is 0 Å². The van der Waals surface area contributed by atoms with Crippen molar-refractivity contribution in [1.82, 2.24) is 15.2 Å². The number of fused-ring (bicyclic) bond motifs is 1. The first-order chi connectivity index (χ1) is 16.1. The van der Waals surface area contributed by atoms with Gasteiger partial charge in [-0.15, -0.1) is 0 Å². The van der Waals surface area contributed by atoms with Gasteiger partial charge in [0.1, 0.15) is 6.07 Å². The van der Waals surface area contributed by atoms with Crippen LogP contribution in [0, 0.1) is 17.2 Å². The van der Waals surface area contributed by atoms with Gasteiger partial charge in [0.2, 0.25) is 5.91 Å². The molecule has 2 fully saturated rings. The average Bonchev–Trinajstić information content (AvgIpc) is 2.83. The predicted octanol–water partition coefficient (Wildman–Crippen LogP) is 4.24. The maximum atomic E-state index is 13.9. The van der Waals surface area contributed by atoms with E-state index >= 15 is 0 Å². The van der Waals surface area contributed by atoms with Crippen LogP contribution in [0.4, 0.5) is 18.9 Å². The molecule has 2 saturated heterocycles. The van der Waals surface area contributed by atoms with E-state index in [9.17, 15) is 23.2 Å². The summed E-state index contributed by atoms with van der Waals surface area (Å²) >= 11 is 0. The fourth-order valence-corrected chi connectivity index (χ4v) is 5.12. The van der Waals surface area contributed by atoms with Gasteiger partial charge in [-0.3, -0.25) is 14.7 Å². The summed E-state index contributed by atoms with van der Waals surface area (Å²) in [5, 5.41) is 13.0. The maximum Gasteiger partial charge on any atom is 0.393 e. The van der Waals surface area contributed by atoms with Crippen molar-refractivity contribution in [2.24, 2.45) is 5.92 Å². The van der Waals surface area contributed by atoms with Gasteiger partial charge >= 0.3 is 6.18 Å². The third-order valence-electron chi connectivity index (χ3n) is 7.16. The predicted molar refractivity (Wildman–Crippen MR) is 124 cm³/mol. The number of nitriles is 1. The van der Waals surface area contributed by atoms with Crippen LogP contribution in [0.2, 0.25) is 0 Å². The van der Waals surface area contributed by atoms with E-state index in [0.29, 0.717) is 22.2 Å². The van der Waals surface area contributed by atoms with Crippen LogP contribution in [0.1, 0.15) is 45.1 Å². The van der Waals surface area contributed by atoms with Gasteiger partial charge in [-0.1, -0.05) is 6.42 Å². The Labute approximate surface area is 197 Å². The third kappa shape index (κ3) is 4.83. The molecule has 3 heterocycles. The van der Waals surface area contributed by atoms with Gasteiger partial charge in [0.25, 0.3) is 0 Å². The fourth-order valence-electron chi connectivity index (χ4n) is 5.12.